The van der Waals surface area contributed by atoms with Gasteiger partial charge in [-0.05, 0) is 30.3 Å². The van der Waals surface area contributed by atoms with Crippen LogP contribution in [0.5, 0.6) is 5.75 Å². The monoisotopic (exact) mass is 524 g/mol. The predicted octanol–water partition coefficient (Wildman–Crippen LogP) is 4.36. The second-order valence-corrected chi connectivity index (χ2v) is 6.54. The van der Waals surface area contributed by atoms with Crippen LogP contribution in [0.2, 0.25) is 0 Å². The van der Waals surface area contributed by atoms with Crippen molar-refractivity contribution in [3.63, 3.8) is 0 Å². The lowest BCUT2D eigenvalue weighted by atomic mass is 10.2. The summed E-state index contributed by atoms with van der Waals surface area (Å²) in [4.78, 5) is 10.8. The molecule has 1 aromatic heterocycles. The average molecular weight is 524 g/mol. The van der Waals surface area contributed by atoms with Crippen molar-refractivity contribution in [1.82, 2.24) is 15.2 Å². The van der Waals surface area contributed by atoms with E-state index >= 15 is 0 Å². The molecule has 0 fully saturated rings. The van der Waals surface area contributed by atoms with Gasteiger partial charge in [0.25, 0.3) is 0 Å². The quantitative estimate of drug-likeness (QED) is 0.283. The fourth-order valence-electron chi connectivity index (χ4n) is 3.00. The molecule has 0 saturated carbocycles. The van der Waals surface area contributed by atoms with E-state index in [-0.39, 0.29) is 29.8 Å². The lowest BCUT2D eigenvalue weighted by Gasteiger charge is -2.23. The molecule has 0 atom stereocenters. The highest BCUT2D eigenvalue weighted by molar-refractivity contribution is 14.0. The fraction of sp³-hybridized carbons (Fsp3) is 0.273. The van der Waals surface area contributed by atoms with E-state index in [9.17, 15) is 4.39 Å². The molecule has 0 bridgehead atoms. The first kappa shape index (κ1) is 23.7. The molecular weight excluding hydrogens is 498 g/mol. The van der Waals surface area contributed by atoms with Crippen molar-refractivity contribution in [3.05, 3.63) is 71.9 Å². The zero-order valence-corrected chi connectivity index (χ0v) is 19.6. The number of hydrogen-bond donors (Lipinski definition) is 1. The molecule has 6 nitrogen and oxygen atoms in total. The lowest BCUT2D eigenvalue weighted by molar-refractivity contribution is 0.396. The number of aliphatic imine (C=N–C) groups is 1. The molecule has 1 N–H and O–H groups in total. The summed E-state index contributed by atoms with van der Waals surface area (Å²) in [5.41, 5.74) is 2.65. The van der Waals surface area contributed by atoms with E-state index in [1.807, 2.05) is 36.2 Å². The van der Waals surface area contributed by atoms with Crippen molar-refractivity contribution in [1.29, 1.82) is 0 Å². The Morgan fingerprint density at radius 1 is 1.20 bits per heavy atom. The van der Waals surface area contributed by atoms with Crippen molar-refractivity contribution < 1.29 is 13.5 Å². The van der Waals surface area contributed by atoms with Gasteiger partial charge in [-0.1, -0.05) is 18.2 Å². The van der Waals surface area contributed by atoms with Gasteiger partial charge in [0.15, 0.2) is 5.96 Å². The van der Waals surface area contributed by atoms with Crippen LogP contribution in [0.1, 0.15) is 11.3 Å². The number of halogens is 2. The van der Waals surface area contributed by atoms with E-state index in [0.717, 1.165) is 28.5 Å². The second kappa shape index (κ2) is 11.5. The first-order valence-electron chi connectivity index (χ1n) is 9.34. The highest BCUT2D eigenvalue weighted by Crippen LogP contribution is 2.20. The van der Waals surface area contributed by atoms with Crippen LogP contribution in [-0.2, 0) is 13.0 Å². The third-order valence-electron chi connectivity index (χ3n) is 4.48. The molecule has 0 unspecified atom stereocenters. The lowest BCUT2D eigenvalue weighted by Crippen LogP contribution is -2.39. The summed E-state index contributed by atoms with van der Waals surface area (Å²) in [6, 6.07) is 14.0. The van der Waals surface area contributed by atoms with E-state index in [4.69, 9.17) is 9.15 Å². The maximum atomic E-state index is 13.0. The van der Waals surface area contributed by atoms with Crippen LogP contribution in [0.25, 0.3) is 11.5 Å². The van der Waals surface area contributed by atoms with Crippen molar-refractivity contribution in [2.24, 2.45) is 4.99 Å². The van der Waals surface area contributed by atoms with Gasteiger partial charge in [-0.25, -0.2) is 9.37 Å². The Hall–Kier alpha value is -2.62. The van der Waals surface area contributed by atoms with Crippen LogP contribution < -0.4 is 10.1 Å². The molecule has 0 aliphatic rings. The topological polar surface area (TPSA) is 62.9 Å². The van der Waals surface area contributed by atoms with Crippen LogP contribution in [-0.4, -0.2) is 43.6 Å². The zero-order chi connectivity index (χ0) is 20.6. The van der Waals surface area contributed by atoms with Gasteiger partial charge in [-0.2, -0.15) is 0 Å². The van der Waals surface area contributed by atoms with Gasteiger partial charge in [-0.3, -0.25) is 4.99 Å². The van der Waals surface area contributed by atoms with Gasteiger partial charge in [-0.15, -0.1) is 24.0 Å². The zero-order valence-electron chi connectivity index (χ0n) is 17.3. The second-order valence-electron chi connectivity index (χ2n) is 6.54. The van der Waals surface area contributed by atoms with Gasteiger partial charge < -0.3 is 19.4 Å². The third-order valence-corrected chi connectivity index (χ3v) is 4.48. The number of ether oxygens (including phenoxy) is 1. The first-order valence-corrected chi connectivity index (χ1v) is 9.34. The van der Waals surface area contributed by atoms with Crippen molar-refractivity contribution in [2.75, 3.05) is 27.7 Å². The molecule has 0 aliphatic carbocycles. The number of para-hydroxylation sites is 1. The van der Waals surface area contributed by atoms with Gasteiger partial charge >= 0.3 is 0 Å². The minimum Gasteiger partial charge on any atom is -0.496 e. The first-order chi connectivity index (χ1) is 14.1. The Bertz CT molecular complexity index is 960. The molecule has 0 amide bonds. The normalized spacial score (nSPS) is 11.0. The summed E-state index contributed by atoms with van der Waals surface area (Å²) < 4.78 is 24.0. The Balaban J connectivity index is 0.00000320. The summed E-state index contributed by atoms with van der Waals surface area (Å²) in [7, 11) is 5.40. The maximum absolute atomic E-state index is 13.0. The smallest absolute Gasteiger partial charge is 0.226 e. The largest absolute Gasteiger partial charge is 0.496 e. The van der Waals surface area contributed by atoms with Gasteiger partial charge in [0, 0.05) is 44.7 Å². The Morgan fingerprint density at radius 2 is 1.93 bits per heavy atom. The molecular formula is C22H26FIN4O2. The Kier molecular flexibility index (Phi) is 9.10. The summed E-state index contributed by atoms with van der Waals surface area (Å²) >= 11 is 0. The SMILES string of the molecule is CN=C(NCCc1coc(-c2ccc(F)cc2)n1)N(C)Cc1ccccc1OC.I. The summed E-state index contributed by atoms with van der Waals surface area (Å²) in [6.45, 7) is 1.32. The molecule has 30 heavy (non-hydrogen) atoms. The molecule has 3 rings (SSSR count). The van der Waals surface area contributed by atoms with Crippen molar-refractivity contribution >= 4 is 29.9 Å². The molecule has 1 heterocycles. The van der Waals surface area contributed by atoms with Crippen molar-refractivity contribution in [2.45, 2.75) is 13.0 Å². The van der Waals surface area contributed by atoms with Crippen molar-refractivity contribution in [3.8, 4) is 17.2 Å². The standard InChI is InChI=1S/C22H25FN4O2.HI/c1-24-22(27(2)14-17-6-4-5-7-20(17)28-3)25-13-12-19-15-29-21(26-19)16-8-10-18(23)11-9-16;/h4-11,15H,12-14H2,1-3H3,(H,24,25);1H. The van der Waals surface area contributed by atoms with Crippen LogP contribution in [0, 0.1) is 5.82 Å². The number of hydrogen-bond acceptors (Lipinski definition) is 4. The van der Waals surface area contributed by atoms with Gasteiger partial charge in [0.2, 0.25) is 5.89 Å². The number of methoxy groups -OCH3 is 1. The highest BCUT2D eigenvalue weighted by Gasteiger charge is 2.11. The van der Waals surface area contributed by atoms with Gasteiger partial charge in [0.1, 0.15) is 17.8 Å². The van der Waals surface area contributed by atoms with E-state index in [1.54, 1.807) is 32.6 Å². The molecule has 0 saturated heterocycles. The Labute approximate surface area is 193 Å². The van der Waals surface area contributed by atoms with E-state index in [0.29, 0.717) is 25.4 Å². The molecule has 8 heteroatoms. The summed E-state index contributed by atoms with van der Waals surface area (Å²) in [5, 5.41) is 3.34. The van der Waals surface area contributed by atoms with Crippen LogP contribution >= 0.6 is 24.0 Å². The molecule has 3 aromatic rings. The molecule has 0 aliphatic heterocycles. The maximum Gasteiger partial charge on any atom is 0.226 e. The molecule has 0 radical (unpaired) electrons. The number of guanidine groups is 1. The van der Waals surface area contributed by atoms with E-state index in [2.05, 4.69) is 15.3 Å². The predicted molar refractivity (Wildman–Crippen MR) is 127 cm³/mol. The number of nitrogens with zero attached hydrogens (tertiary/aromatic N) is 3. The number of nitrogens with one attached hydrogen (secondary N) is 1. The summed E-state index contributed by atoms with van der Waals surface area (Å²) in [5.74, 6) is 1.83. The van der Waals surface area contributed by atoms with Crippen LogP contribution in [0.4, 0.5) is 4.39 Å². The number of aromatic nitrogens is 1. The molecule has 2 aromatic carbocycles. The summed E-state index contributed by atoms with van der Waals surface area (Å²) in [6.07, 6.45) is 2.30. The number of rotatable bonds is 7. The third kappa shape index (κ3) is 6.19. The highest BCUT2D eigenvalue weighted by atomic mass is 127. The Morgan fingerprint density at radius 3 is 2.63 bits per heavy atom. The fourth-order valence-corrected chi connectivity index (χ4v) is 3.00. The van der Waals surface area contributed by atoms with E-state index in [1.165, 1.54) is 12.1 Å². The average Bonchev–Trinajstić information content (AvgIpc) is 3.21. The van der Waals surface area contributed by atoms with Crippen LogP contribution in [0.15, 0.2) is 64.2 Å². The van der Waals surface area contributed by atoms with E-state index < -0.39 is 0 Å². The minimum absolute atomic E-state index is 0. The number of oxazole rings is 1. The minimum atomic E-state index is -0.284. The van der Waals surface area contributed by atoms with Crippen LogP contribution in [0.3, 0.4) is 0 Å². The van der Waals surface area contributed by atoms with Gasteiger partial charge in [0.05, 0.1) is 12.8 Å². The molecule has 0 spiro atoms. The molecule has 160 valence electrons. The number of benzene rings is 2.